The van der Waals surface area contributed by atoms with Gasteiger partial charge in [-0.05, 0) is 37.5 Å². The largest absolute Gasteiger partial charge is 0.348 e. The summed E-state index contributed by atoms with van der Waals surface area (Å²) in [6.07, 6.45) is 2.98. The topological polar surface area (TPSA) is 101 Å². The number of sulfonamides is 1. The van der Waals surface area contributed by atoms with Crippen molar-refractivity contribution >= 4 is 37.4 Å². The first-order valence-electron chi connectivity index (χ1n) is 8.50. The SMILES string of the molecule is O=C(N[C@H]1CCS(=O)(=O)C1)c1cc(S(=O)(=O)N2CCCCC2)ccc1Cl. The quantitative estimate of drug-likeness (QED) is 0.794. The zero-order valence-electron chi connectivity index (χ0n) is 14.1. The summed E-state index contributed by atoms with van der Waals surface area (Å²) in [5.74, 6) is -0.634. The van der Waals surface area contributed by atoms with Gasteiger partial charge in [-0.2, -0.15) is 4.31 Å². The van der Waals surface area contributed by atoms with Gasteiger partial charge in [-0.1, -0.05) is 18.0 Å². The Labute approximate surface area is 158 Å². The lowest BCUT2D eigenvalue weighted by atomic mass is 10.2. The summed E-state index contributed by atoms with van der Waals surface area (Å²) in [6.45, 7) is 0.929. The van der Waals surface area contributed by atoms with Crippen LogP contribution in [0.3, 0.4) is 0 Å². The molecule has 2 aliphatic heterocycles. The van der Waals surface area contributed by atoms with Crippen molar-refractivity contribution in [1.82, 2.24) is 9.62 Å². The number of carbonyl (C=O) groups excluding carboxylic acids is 1. The van der Waals surface area contributed by atoms with E-state index in [9.17, 15) is 21.6 Å². The van der Waals surface area contributed by atoms with E-state index in [-0.39, 0.29) is 27.0 Å². The van der Waals surface area contributed by atoms with Crippen molar-refractivity contribution in [2.45, 2.75) is 36.6 Å². The number of hydrogen-bond acceptors (Lipinski definition) is 5. The van der Waals surface area contributed by atoms with Gasteiger partial charge in [-0.15, -0.1) is 0 Å². The van der Waals surface area contributed by atoms with E-state index >= 15 is 0 Å². The third-order valence-corrected chi connectivity index (χ3v) is 8.70. The van der Waals surface area contributed by atoms with Crippen molar-refractivity contribution < 1.29 is 21.6 Å². The Kier molecular flexibility index (Phi) is 5.62. The van der Waals surface area contributed by atoms with Gasteiger partial charge in [0, 0.05) is 19.1 Å². The molecule has 2 heterocycles. The Hall–Kier alpha value is -1.16. The number of carbonyl (C=O) groups is 1. The summed E-state index contributed by atoms with van der Waals surface area (Å²) in [7, 11) is -6.81. The fourth-order valence-corrected chi connectivity index (χ4v) is 6.69. The van der Waals surface area contributed by atoms with E-state index in [4.69, 9.17) is 11.6 Å². The predicted octanol–water partition coefficient (Wildman–Crippen LogP) is 1.43. The summed E-state index contributed by atoms with van der Waals surface area (Å²) in [6, 6.07) is 3.57. The third-order valence-electron chi connectivity index (χ3n) is 4.70. The van der Waals surface area contributed by atoms with E-state index in [2.05, 4.69) is 5.32 Å². The molecule has 0 aromatic heterocycles. The van der Waals surface area contributed by atoms with Crippen LogP contribution in [0.2, 0.25) is 5.02 Å². The molecule has 0 aliphatic carbocycles. The van der Waals surface area contributed by atoms with Gasteiger partial charge in [-0.25, -0.2) is 16.8 Å². The molecule has 0 bridgehead atoms. The Bertz CT molecular complexity index is 909. The maximum absolute atomic E-state index is 12.8. The van der Waals surface area contributed by atoms with Crippen molar-refractivity contribution in [1.29, 1.82) is 0 Å². The number of amides is 1. The molecular weight excluding hydrogens is 400 g/mol. The van der Waals surface area contributed by atoms with Crippen molar-refractivity contribution in [2.75, 3.05) is 24.6 Å². The summed E-state index contributed by atoms with van der Waals surface area (Å²) in [4.78, 5) is 12.5. The van der Waals surface area contributed by atoms with Crippen molar-refractivity contribution in [3.8, 4) is 0 Å². The number of rotatable bonds is 4. The lowest BCUT2D eigenvalue weighted by molar-refractivity contribution is 0.0941. The van der Waals surface area contributed by atoms with Gasteiger partial charge >= 0.3 is 0 Å². The number of hydrogen-bond donors (Lipinski definition) is 1. The van der Waals surface area contributed by atoms with Crippen LogP contribution < -0.4 is 5.32 Å². The van der Waals surface area contributed by atoms with Crippen LogP contribution in [0.4, 0.5) is 0 Å². The molecule has 1 amide bonds. The molecule has 144 valence electrons. The second-order valence-corrected chi connectivity index (χ2v) is 11.3. The minimum Gasteiger partial charge on any atom is -0.348 e. The average Bonchev–Trinajstić information content (AvgIpc) is 2.94. The highest BCUT2D eigenvalue weighted by atomic mass is 35.5. The smallest absolute Gasteiger partial charge is 0.253 e. The van der Waals surface area contributed by atoms with E-state index in [0.717, 1.165) is 19.3 Å². The Morgan fingerprint density at radius 2 is 1.88 bits per heavy atom. The summed E-state index contributed by atoms with van der Waals surface area (Å²) >= 11 is 6.08. The van der Waals surface area contributed by atoms with Gasteiger partial charge in [0.25, 0.3) is 5.91 Å². The zero-order chi connectivity index (χ0) is 18.9. The molecule has 0 spiro atoms. The molecule has 1 aromatic rings. The van der Waals surface area contributed by atoms with Crippen LogP contribution in [0, 0.1) is 0 Å². The van der Waals surface area contributed by atoms with Crippen molar-refractivity contribution in [2.24, 2.45) is 0 Å². The first-order chi connectivity index (χ1) is 12.2. The number of benzene rings is 1. The average molecular weight is 421 g/mol. The van der Waals surface area contributed by atoms with Crippen LogP contribution in [-0.4, -0.2) is 57.7 Å². The maximum Gasteiger partial charge on any atom is 0.253 e. The van der Waals surface area contributed by atoms with E-state index in [1.807, 2.05) is 0 Å². The second-order valence-electron chi connectivity index (χ2n) is 6.68. The van der Waals surface area contributed by atoms with E-state index in [1.165, 1.54) is 22.5 Å². The Morgan fingerprint density at radius 1 is 1.19 bits per heavy atom. The second kappa shape index (κ2) is 7.46. The Morgan fingerprint density at radius 3 is 2.50 bits per heavy atom. The maximum atomic E-state index is 12.8. The van der Waals surface area contributed by atoms with Gasteiger partial charge in [0.2, 0.25) is 10.0 Å². The highest BCUT2D eigenvalue weighted by molar-refractivity contribution is 7.91. The van der Waals surface area contributed by atoms with Crippen molar-refractivity contribution in [3.05, 3.63) is 28.8 Å². The molecule has 1 N–H and O–H groups in total. The van der Waals surface area contributed by atoms with Crippen molar-refractivity contribution in [3.63, 3.8) is 0 Å². The minimum atomic E-state index is -3.68. The molecule has 26 heavy (non-hydrogen) atoms. The first kappa shape index (κ1) is 19.6. The fraction of sp³-hybridized carbons (Fsp3) is 0.562. The molecule has 0 saturated carbocycles. The molecule has 3 rings (SSSR count). The van der Waals surface area contributed by atoms with Crippen LogP contribution in [-0.2, 0) is 19.9 Å². The molecule has 7 nitrogen and oxygen atoms in total. The number of sulfone groups is 1. The first-order valence-corrected chi connectivity index (χ1v) is 12.1. The zero-order valence-corrected chi connectivity index (χ0v) is 16.5. The summed E-state index contributed by atoms with van der Waals surface area (Å²) in [5.41, 5.74) is 0.0362. The summed E-state index contributed by atoms with van der Waals surface area (Å²) in [5, 5.41) is 2.76. The minimum absolute atomic E-state index is 0.0213. The molecule has 0 radical (unpaired) electrons. The molecule has 1 atom stereocenters. The van der Waals surface area contributed by atoms with Gasteiger partial charge in [-0.3, -0.25) is 4.79 Å². The lowest BCUT2D eigenvalue weighted by Crippen LogP contribution is -2.37. The molecule has 2 aliphatic rings. The molecule has 0 unspecified atom stereocenters. The van der Waals surface area contributed by atoms with E-state index in [1.54, 1.807) is 0 Å². The van der Waals surface area contributed by atoms with Crippen LogP contribution in [0.15, 0.2) is 23.1 Å². The Balaban J connectivity index is 1.82. The van der Waals surface area contributed by atoms with Gasteiger partial charge in [0.15, 0.2) is 9.84 Å². The number of piperidine rings is 1. The fourth-order valence-electron chi connectivity index (χ4n) is 3.27. The van der Waals surface area contributed by atoms with Crippen LogP contribution in [0.5, 0.6) is 0 Å². The van der Waals surface area contributed by atoms with Gasteiger partial charge in [0.05, 0.1) is 27.0 Å². The highest BCUT2D eigenvalue weighted by Crippen LogP contribution is 2.25. The molecule has 2 fully saturated rings. The molecule has 1 aromatic carbocycles. The number of nitrogens with zero attached hydrogens (tertiary/aromatic N) is 1. The van der Waals surface area contributed by atoms with Gasteiger partial charge in [0.1, 0.15) is 0 Å². The number of halogens is 1. The molecule has 10 heteroatoms. The molecular formula is C16H21ClN2O5S2. The van der Waals surface area contributed by atoms with Gasteiger partial charge < -0.3 is 5.32 Å². The van der Waals surface area contributed by atoms with Crippen LogP contribution >= 0.6 is 11.6 Å². The van der Waals surface area contributed by atoms with E-state index in [0.29, 0.717) is 19.5 Å². The summed E-state index contributed by atoms with van der Waals surface area (Å²) < 4.78 is 50.0. The van der Waals surface area contributed by atoms with E-state index < -0.39 is 31.8 Å². The lowest BCUT2D eigenvalue weighted by Gasteiger charge is -2.26. The predicted molar refractivity (Wildman–Crippen MR) is 98.6 cm³/mol. The highest BCUT2D eigenvalue weighted by Gasteiger charge is 2.31. The third kappa shape index (κ3) is 4.21. The standard InChI is InChI=1S/C16H21ClN2O5S2/c17-15-5-4-13(26(23,24)19-7-2-1-3-8-19)10-14(15)16(20)18-12-6-9-25(21,22)11-12/h4-5,10,12H,1-3,6-9,11H2,(H,18,20)/t12-/m0/s1. The van der Waals surface area contributed by atoms with Crippen LogP contribution in [0.25, 0.3) is 0 Å². The van der Waals surface area contributed by atoms with Crippen LogP contribution in [0.1, 0.15) is 36.0 Å². The molecule has 2 saturated heterocycles. The monoisotopic (exact) mass is 420 g/mol. The number of nitrogens with one attached hydrogen (secondary N) is 1. The normalized spacial score (nSPS) is 23.7.